The van der Waals surface area contributed by atoms with Gasteiger partial charge in [-0.05, 0) is 0 Å². The van der Waals surface area contributed by atoms with Gasteiger partial charge in [-0.2, -0.15) is 0 Å². The Labute approximate surface area is 261 Å². The number of hydrogen-bond acceptors (Lipinski definition) is 0. The Balaban J connectivity index is 1.50. The van der Waals surface area contributed by atoms with E-state index in [2.05, 4.69) is 160 Å². The molecule has 2 aliphatic carbocycles. The summed E-state index contributed by atoms with van der Waals surface area (Å²) in [6, 6.07) is 34.1. The molecule has 0 radical (unpaired) electrons. The molecule has 0 saturated carbocycles. The molecule has 0 fully saturated rings. The molecule has 0 amide bonds. The van der Waals surface area contributed by atoms with Crippen LogP contribution < -0.4 is 0 Å². The van der Waals surface area contributed by atoms with E-state index in [0.29, 0.717) is 19.2 Å². The van der Waals surface area contributed by atoms with Crippen LogP contribution in [0.4, 0.5) is 0 Å². The fourth-order valence-electron chi connectivity index (χ4n) is 8.14. The third-order valence-electron chi connectivity index (χ3n) is 11.4. The van der Waals surface area contributed by atoms with Gasteiger partial charge in [-0.25, -0.2) is 0 Å². The van der Waals surface area contributed by atoms with Crippen LogP contribution in [-0.2, 0) is 17.1 Å². The third kappa shape index (κ3) is 4.97. The second kappa shape index (κ2) is 11.4. The predicted molar refractivity (Wildman–Crippen MR) is 189 cm³/mol. The van der Waals surface area contributed by atoms with Crippen molar-refractivity contribution in [1.82, 2.24) is 0 Å². The van der Waals surface area contributed by atoms with E-state index < -0.39 is 22.6 Å². The summed E-state index contributed by atoms with van der Waals surface area (Å²) in [4.78, 5) is 0. The van der Waals surface area contributed by atoms with Crippen molar-refractivity contribution in [2.75, 3.05) is 0 Å². The van der Waals surface area contributed by atoms with Gasteiger partial charge in [0, 0.05) is 0 Å². The Kier molecular flexibility index (Phi) is 8.09. The van der Waals surface area contributed by atoms with Crippen LogP contribution >= 0.6 is 0 Å². The monoisotopic (exact) mass is 748 g/mol. The molecule has 0 heterocycles. The number of fused-ring (bicyclic) bond motifs is 2. The van der Waals surface area contributed by atoms with E-state index >= 15 is 0 Å². The van der Waals surface area contributed by atoms with Gasteiger partial charge >= 0.3 is 263 Å². The minimum absolute atomic E-state index is 0.528. The third-order valence-corrected chi connectivity index (χ3v) is 70.4. The van der Waals surface area contributed by atoms with Gasteiger partial charge in [0.25, 0.3) is 0 Å². The van der Waals surface area contributed by atoms with Crippen LogP contribution in [-0.4, -0.2) is 5.49 Å². The van der Waals surface area contributed by atoms with E-state index in [1.165, 1.54) is 50.6 Å². The summed E-state index contributed by atoms with van der Waals surface area (Å²) >= 11 is -3.76. The zero-order valence-electron chi connectivity index (χ0n) is 27.4. The van der Waals surface area contributed by atoms with E-state index in [4.69, 9.17) is 0 Å². The Bertz CT molecular complexity index is 1720. The summed E-state index contributed by atoms with van der Waals surface area (Å²) in [6.07, 6.45) is 10.3. The van der Waals surface area contributed by atoms with Gasteiger partial charge in [-0.1, -0.05) is 0 Å². The maximum atomic E-state index is 2.85. The van der Waals surface area contributed by atoms with Crippen LogP contribution in [0.15, 0.2) is 97.1 Å². The van der Waals surface area contributed by atoms with Crippen molar-refractivity contribution in [3.63, 3.8) is 0 Å². The van der Waals surface area contributed by atoms with Crippen molar-refractivity contribution in [3.05, 3.63) is 130 Å². The summed E-state index contributed by atoms with van der Waals surface area (Å²) in [5.41, 5.74) is 13.9. The van der Waals surface area contributed by atoms with Gasteiger partial charge in [0.2, 0.25) is 0 Å². The second-order valence-electron chi connectivity index (χ2n) is 14.6. The molecule has 2 aliphatic rings. The molecule has 0 N–H and O–H groups in total. The number of allylic oxidation sites excluding steroid dienone is 2. The van der Waals surface area contributed by atoms with Gasteiger partial charge in [0.1, 0.15) is 0 Å². The number of hydrogen-bond donors (Lipinski definition) is 0. The Morgan fingerprint density at radius 3 is 1.44 bits per heavy atom. The molecule has 6 rings (SSSR count). The Morgan fingerprint density at radius 2 is 1.05 bits per heavy atom. The van der Waals surface area contributed by atoms with Crippen molar-refractivity contribution in [1.29, 1.82) is 0 Å². The average molecular weight is 747 g/mol. The standard InChI is InChI=1S/2C18H17.C3H8Si.2CH3.Hf/c2*1-13(2)15-8-3-9-16(12-15)18-11-5-7-14-6-4-10-17(14)18;1-3-4-2;;;/h2*3-13H,1-2H3;3H2,1-2H3;2*1H3;. The SMILES string of the molecule is CC[Si](C)=[Hf]([CH3])([CH3])([CH]1C=Cc2c(-c3cccc(C(C)C)c3)cccc21)[CH]1C=Cc2c(-c3cccc(C(C)C)c3)cccc21. The first-order valence-electron chi connectivity index (χ1n) is 16.4. The topological polar surface area (TPSA) is 0 Å². The van der Waals surface area contributed by atoms with E-state index in [1.54, 1.807) is 11.1 Å². The van der Waals surface area contributed by atoms with Crippen molar-refractivity contribution >= 4 is 17.6 Å². The predicted octanol–water partition coefficient (Wildman–Crippen LogP) is 12.5. The molecule has 0 saturated heterocycles. The minimum atomic E-state index is -3.76. The molecule has 0 aliphatic heterocycles. The van der Waals surface area contributed by atoms with E-state index in [0.717, 1.165) is 0 Å². The summed E-state index contributed by atoms with van der Waals surface area (Å²) in [7, 11) is 0. The van der Waals surface area contributed by atoms with Crippen LogP contribution in [0.25, 0.3) is 34.4 Å². The first-order chi connectivity index (χ1) is 20.5. The zero-order valence-corrected chi connectivity index (χ0v) is 32.0. The molecule has 2 heteroatoms. The molecule has 43 heavy (non-hydrogen) atoms. The Morgan fingerprint density at radius 1 is 0.628 bits per heavy atom. The summed E-state index contributed by atoms with van der Waals surface area (Å²) in [5, 5.41) is 0. The van der Waals surface area contributed by atoms with Crippen molar-refractivity contribution in [2.45, 2.75) is 75.8 Å². The molecule has 0 bridgehead atoms. The quantitative estimate of drug-likeness (QED) is 0.165. The van der Waals surface area contributed by atoms with Crippen molar-refractivity contribution < 1.29 is 17.1 Å². The van der Waals surface area contributed by atoms with Crippen LogP contribution in [0, 0.1) is 0 Å². The molecular weight excluding hydrogens is 699 g/mol. The van der Waals surface area contributed by atoms with Crippen LogP contribution in [0.1, 0.15) is 87.2 Å². The van der Waals surface area contributed by atoms with Gasteiger partial charge in [-0.15, -0.1) is 0 Å². The van der Waals surface area contributed by atoms with E-state index in [-0.39, 0.29) is 0 Å². The molecular formula is C41H48HfSi. The molecule has 4 aromatic rings. The summed E-state index contributed by atoms with van der Waals surface area (Å²) < 4.78 is 6.82. The first-order valence-corrected chi connectivity index (χ1v) is 35.3. The molecule has 220 valence electrons. The van der Waals surface area contributed by atoms with Crippen LogP contribution in [0.5, 0.6) is 0 Å². The van der Waals surface area contributed by atoms with Crippen molar-refractivity contribution in [2.24, 2.45) is 0 Å². The number of benzene rings is 4. The first kappa shape index (κ1) is 30.5. The summed E-state index contributed by atoms with van der Waals surface area (Å²) in [5.74, 6) is 1.06. The van der Waals surface area contributed by atoms with Gasteiger partial charge < -0.3 is 0 Å². The molecule has 4 aromatic carbocycles. The molecule has 0 nitrogen and oxygen atoms in total. The van der Waals surface area contributed by atoms with Crippen molar-refractivity contribution in [3.8, 4) is 22.3 Å². The average Bonchev–Trinajstić information content (AvgIpc) is 3.67. The maximum absolute atomic E-state index is 3.76. The molecule has 0 spiro atoms. The molecule has 0 aromatic heterocycles. The molecule has 2 unspecified atom stereocenters. The number of rotatable bonds is 7. The van der Waals surface area contributed by atoms with E-state index in [9.17, 15) is 0 Å². The molecule has 2 atom stereocenters. The summed E-state index contributed by atoms with van der Waals surface area (Å²) in [6.45, 7) is 14.3. The fourth-order valence-corrected chi connectivity index (χ4v) is 52.9. The van der Waals surface area contributed by atoms with Gasteiger partial charge in [-0.3, -0.25) is 0 Å². The Hall–Kier alpha value is -2.55. The van der Waals surface area contributed by atoms with Gasteiger partial charge in [0.15, 0.2) is 0 Å². The second-order valence-corrected chi connectivity index (χ2v) is 62.2. The fraction of sp³-hybridized carbons (Fsp3) is 0.317. The van der Waals surface area contributed by atoms with Crippen LogP contribution in [0.3, 0.4) is 0 Å². The van der Waals surface area contributed by atoms with Crippen LogP contribution in [0.2, 0.25) is 22.0 Å². The normalized spacial score (nSPS) is 17.6. The van der Waals surface area contributed by atoms with E-state index in [1.807, 2.05) is 0 Å². The van der Waals surface area contributed by atoms with Gasteiger partial charge in [0.05, 0.1) is 0 Å². The zero-order chi connectivity index (χ0) is 30.5.